The molecule has 0 amide bonds. The molecule has 1 aromatic heterocycles. The molecule has 4 rings (SSSR count). The van der Waals surface area contributed by atoms with Gasteiger partial charge in [0.1, 0.15) is 0 Å². The van der Waals surface area contributed by atoms with Gasteiger partial charge in [-0.2, -0.15) is 0 Å². The third-order valence-electron chi connectivity index (χ3n) is 4.12. The summed E-state index contributed by atoms with van der Waals surface area (Å²) < 4.78 is 2.76. The van der Waals surface area contributed by atoms with E-state index in [1.165, 1.54) is 31.1 Å². The molecule has 122 valence electrons. The van der Waals surface area contributed by atoms with Gasteiger partial charge in [-0.1, -0.05) is 0 Å². The third kappa shape index (κ3) is 3.43. The normalized spacial score (nSPS) is 10.8. The molecule has 0 saturated carbocycles. The second-order valence-corrected chi connectivity index (χ2v) is 8.49. The fraction of sp³-hybridized carbons (Fsp3) is 0. The Morgan fingerprint density at radius 1 is 0.680 bits per heavy atom. The van der Waals surface area contributed by atoms with Gasteiger partial charge in [-0.15, -0.1) is 0 Å². The van der Waals surface area contributed by atoms with E-state index in [4.69, 9.17) is 17.3 Å². The molecule has 4 aromatic rings. The average molecular weight is 409 g/mol. The van der Waals surface area contributed by atoms with Crippen LogP contribution in [0.15, 0.2) is 84.9 Å². The molecule has 1 nitrogen and oxygen atoms in total. The van der Waals surface area contributed by atoms with Crippen molar-refractivity contribution in [2.75, 3.05) is 5.73 Å². The Labute approximate surface area is 158 Å². The van der Waals surface area contributed by atoms with E-state index in [2.05, 4.69) is 60.7 Å². The first-order valence-corrected chi connectivity index (χ1v) is 10.1. The second kappa shape index (κ2) is 6.93. The molecular formula is C22H16ClNSe. The van der Waals surface area contributed by atoms with Crippen LogP contribution in [-0.4, -0.2) is 14.5 Å². The van der Waals surface area contributed by atoms with E-state index in [1.807, 2.05) is 24.3 Å². The molecule has 3 heteroatoms. The zero-order chi connectivity index (χ0) is 17.2. The molecule has 25 heavy (non-hydrogen) atoms. The van der Waals surface area contributed by atoms with E-state index >= 15 is 0 Å². The van der Waals surface area contributed by atoms with Crippen molar-refractivity contribution in [1.82, 2.24) is 0 Å². The molecule has 1 heterocycles. The molecule has 0 radical (unpaired) electrons. The Hall–Kier alpha value is -2.25. The summed E-state index contributed by atoms with van der Waals surface area (Å²) in [6, 6.07) is 29.2. The summed E-state index contributed by atoms with van der Waals surface area (Å²) in [6.07, 6.45) is 0. The van der Waals surface area contributed by atoms with Crippen molar-refractivity contribution in [3.8, 4) is 31.1 Å². The first-order valence-electron chi connectivity index (χ1n) is 8.02. The van der Waals surface area contributed by atoms with Crippen LogP contribution in [0.3, 0.4) is 0 Å². The van der Waals surface area contributed by atoms with Gasteiger partial charge in [-0.05, 0) is 0 Å². The number of rotatable bonds is 3. The standard InChI is InChI=1S/C22H16ClNSe/c23-18-10-6-17(7-11-18)22-20(15-4-2-1-3-5-15)14-21(25-22)16-8-12-19(24)13-9-16/h1-14H,24H2. The van der Waals surface area contributed by atoms with Crippen molar-refractivity contribution in [2.24, 2.45) is 0 Å². The summed E-state index contributed by atoms with van der Waals surface area (Å²) in [5.41, 5.74) is 11.7. The number of benzene rings is 3. The van der Waals surface area contributed by atoms with E-state index in [0.717, 1.165) is 10.7 Å². The quantitative estimate of drug-likeness (QED) is 0.327. The molecule has 0 atom stereocenters. The van der Waals surface area contributed by atoms with Crippen LogP contribution in [0.25, 0.3) is 31.1 Å². The fourth-order valence-electron chi connectivity index (χ4n) is 2.83. The summed E-state index contributed by atoms with van der Waals surface area (Å²) in [5, 5.41) is 0.767. The molecule has 0 saturated heterocycles. The van der Waals surface area contributed by atoms with Crippen LogP contribution in [0, 0.1) is 0 Å². The average Bonchev–Trinajstić information content (AvgIpc) is 3.09. The molecule has 0 bridgehead atoms. The molecule has 0 unspecified atom stereocenters. The van der Waals surface area contributed by atoms with Crippen LogP contribution in [-0.2, 0) is 0 Å². The van der Waals surface area contributed by atoms with E-state index in [-0.39, 0.29) is 14.5 Å². The number of hydrogen-bond acceptors (Lipinski definition) is 1. The zero-order valence-corrected chi connectivity index (χ0v) is 15.9. The summed E-state index contributed by atoms with van der Waals surface area (Å²) in [6.45, 7) is 0. The topological polar surface area (TPSA) is 26.0 Å². The van der Waals surface area contributed by atoms with E-state index in [1.54, 1.807) is 0 Å². The zero-order valence-electron chi connectivity index (χ0n) is 13.4. The van der Waals surface area contributed by atoms with Crippen molar-refractivity contribution in [3.05, 3.63) is 90.0 Å². The summed E-state index contributed by atoms with van der Waals surface area (Å²) >= 11 is 6.31. The van der Waals surface area contributed by atoms with Gasteiger partial charge in [-0.25, -0.2) is 0 Å². The molecule has 0 aliphatic carbocycles. The fourth-order valence-corrected chi connectivity index (χ4v) is 5.45. The minimum absolute atomic E-state index is 0.231. The molecule has 0 aliphatic heterocycles. The van der Waals surface area contributed by atoms with Crippen LogP contribution >= 0.6 is 11.6 Å². The van der Waals surface area contributed by atoms with Gasteiger partial charge in [0.15, 0.2) is 0 Å². The first kappa shape index (κ1) is 16.2. The van der Waals surface area contributed by atoms with Gasteiger partial charge in [-0.3, -0.25) is 0 Å². The number of anilines is 1. The van der Waals surface area contributed by atoms with Gasteiger partial charge in [0.25, 0.3) is 0 Å². The molecule has 0 spiro atoms. The number of nitrogens with two attached hydrogens (primary N) is 1. The van der Waals surface area contributed by atoms with Crippen LogP contribution in [0.4, 0.5) is 5.69 Å². The molecule has 2 N–H and O–H groups in total. The van der Waals surface area contributed by atoms with Crippen LogP contribution in [0.1, 0.15) is 0 Å². The first-order chi connectivity index (χ1) is 12.2. The van der Waals surface area contributed by atoms with Crippen molar-refractivity contribution in [1.29, 1.82) is 0 Å². The van der Waals surface area contributed by atoms with Gasteiger partial charge < -0.3 is 0 Å². The monoisotopic (exact) mass is 409 g/mol. The predicted molar refractivity (Wildman–Crippen MR) is 109 cm³/mol. The van der Waals surface area contributed by atoms with Crippen molar-refractivity contribution in [2.45, 2.75) is 0 Å². The van der Waals surface area contributed by atoms with Crippen LogP contribution < -0.4 is 5.73 Å². The number of nitrogen functional groups attached to an aromatic ring is 1. The maximum atomic E-state index is 6.08. The Balaban J connectivity index is 1.89. The van der Waals surface area contributed by atoms with Crippen molar-refractivity contribution in [3.63, 3.8) is 0 Å². The van der Waals surface area contributed by atoms with Crippen molar-refractivity contribution >= 4 is 31.8 Å². The van der Waals surface area contributed by atoms with Gasteiger partial charge in [0.05, 0.1) is 0 Å². The van der Waals surface area contributed by atoms with Gasteiger partial charge >= 0.3 is 159 Å². The van der Waals surface area contributed by atoms with E-state index in [0.29, 0.717) is 0 Å². The summed E-state index contributed by atoms with van der Waals surface area (Å²) in [5.74, 6) is 0. The number of halogens is 1. The molecule has 0 fully saturated rings. The minimum atomic E-state index is 0.231. The van der Waals surface area contributed by atoms with Crippen molar-refractivity contribution < 1.29 is 0 Å². The van der Waals surface area contributed by atoms with E-state index < -0.39 is 0 Å². The molecule has 3 aromatic carbocycles. The van der Waals surface area contributed by atoms with Gasteiger partial charge in [0, 0.05) is 0 Å². The predicted octanol–water partition coefficient (Wildman–Crippen LogP) is 5.98. The Kier molecular flexibility index (Phi) is 4.50. The molecular weight excluding hydrogens is 393 g/mol. The Morgan fingerprint density at radius 2 is 1.32 bits per heavy atom. The second-order valence-electron chi connectivity index (χ2n) is 5.85. The van der Waals surface area contributed by atoms with Crippen LogP contribution in [0.5, 0.6) is 0 Å². The summed E-state index contributed by atoms with van der Waals surface area (Å²) in [7, 11) is 0. The Morgan fingerprint density at radius 3 is 2.00 bits per heavy atom. The SMILES string of the molecule is Nc1ccc(-c2cc(-c3ccccc3)c(-c3ccc(Cl)cc3)[se]2)cc1. The summed E-state index contributed by atoms with van der Waals surface area (Å²) in [4.78, 5) is 0. The van der Waals surface area contributed by atoms with E-state index in [9.17, 15) is 0 Å². The maximum absolute atomic E-state index is 6.08. The third-order valence-corrected chi connectivity index (χ3v) is 6.96. The van der Waals surface area contributed by atoms with Crippen LogP contribution in [0.2, 0.25) is 5.02 Å². The molecule has 0 aliphatic rings. The number of hydrogen-bond donors (Lipinski definition) is 1. The van der Waals surface area contributed by atoms with Gasteiger partial charge in [0.2, 0.25) is 0 Å². The Bertz CT molecular complexity index is 987.